The molecule has 2 heterocycles. The number of β-amino-alcohol motifs (C(OH)–C–C–N with tert-alkyl or cyclic N) is 1. The lowest BCUT2D eigenvalue weighted by atomic mass is 10.1. The molecule has 0 radical (unpaired) electrons. The molecule has 2 aromatic rings. The van der Waals surface area contributed by atoms with Crippen molar-refractivity contribution in [2.75, 3.05) is 39.3 Å². The molecule has 1 aromatic carbocycles. The molecule has 0 saturated carbocycles. The summed E-state index contributed by atoms with van der Waals surface area (Å²) in [7, 11) is 0. The summed E-state index contributed by atoms with van der Waals surface area (Å²) in [5.41, 5.74) is 3.35. The number of H-pyrrole nitrogens is 1. The van der Waals surface area contributed by atoms with E-state index in [0.29, 0.717) is 0 Å². The maximum atomic E-state index is 11.9. The number of aryl methyl sites for hydroxylation is 1. The third kappa shape index (κ3) is 4.13. The number of piperazine rings is 1. The van der Waals surface area contributed by atoms with E-state index in [4.69, 9.17) is 5.11 Å². The van der Waals surface area contributed by atoms with Gasteiger partial charge in [0.1, 0.15) is 0 Å². The van der Waals surface area contributed by atoms with E-state index in [9.17, 15) is 4.79 Å². The molecule has 1 aromatic heterocycles. The molecule has 0 amide bonds. The average Bonchev–Trinajstić information content (AvgIpc) is 2.97. The minimum Gasteiger partial charge on any atom is -0.395 e. The molecule has 1 aliphatic heterocycles. The van der Waals surface area contributed by atoms with Crippen LogP contribution in [0.1, 0.15) is 17.4 Å². The lowest BCUT2D eigenvalue weighted by Crippen LogP contribution is -2.46. The first-order chi connectivity index (χ1) is 11.7. The van der Waals surface area contributed by atoms with Crippen LogP contribution >= 0.6 is 11.3 Å². The quantitative estimate of drug-likeness (QED) is 0.836. The number of benzene rings is 1. The van der Waals surface area contributed by atoms with Crippen LogP contribution in [-0.2, 0) is 13.0 Å². The lowest BCUT2D eigenvalue weighted by Gasteiger charge is -2.34. The Balaban J connectivity index is 1.71. The highest BCUT2D eigenvalue weighted by atomic mass is 32.1. The maximum absolute atomic E-state index is 11.9. The third-order valence-electron chi connectivity index (χ3n) is 4.62. The molecule has 0 aliphatic carbocycles. The van der Waals surface area contributed by atoms with Crippen LogP contribution in [-0.4, -0.2) is 59.2 Å². The van der Waals surface area contributed by atoms with E-state index < -0.39 is 0 Å². The smallest absolute Gasteiger partial charge is 0.305 e. The van der Waals surface area contributed by atoms with Gasteiger partial charge in [0.15, 0.2) is 0 Å². The van der Waals surface area contributed by atoms with Gasteiger partial charge in [-0.1, -0.05) is 42.5 Å². The van der Waals surface area contributed by atoms with Crippen LogP contribution < -0.4 is 4.87 Å². The molecule has 1 fully saturated rings. The zero-order chi connectivity index (χ0) is 16.9. The SMILES string of the molecule is CCc1ccc(-c2[nH]c(=O)sc2CN2CCN(CCO)CC2)cc1. The predicted octanol–water partition coefficient (Wildman–Crippen LogP) is 1.78. The summed E-state index contributed by atoms with van der Waals surface area (Å²) in [6.07, 6.45) is 1.02. The first kappa shape index (κ1) is 17.4. The Kier molecular flexibility index (Phi) is 5.84. The van der Waals surface area contributed by atoms with E-state index in [2.05, 4.69) is 46.0 Å². The topological polar surface area (TPSA) is 59.6 Å². The van der Waals surface area contributed by atoms with Crippen molar-refractivity contribution in [1.29, 1.82) is 0 Å². The first-order valence-electron chi connectivity index (χ1n) is 8.56. The van der Waals surface area contributed by atoms with Gasteiger partial charge in [-0.2, -0.15) is 0 Å². The van der Waals surface area contributed by atoms with Gasteiger partial charge in [-0.05, 0) is 17.5 Å². The van der Waals surface area contributed by atoms with Crippen LogP contribution in [0.25, 0.3) is 11.3 Å². The van der Waals surface area contributed by atoms with E-state index in [1.807, 2.05) is 0 Å². The van der Waals surface area contributed by atoms with Gasteiger partial charge in [0.25, 0.3) is 0 Å². The van der Waals surface area contributed by atoms with E-state index in [0.717, 1.165) is 61.8 Å². The molecule has 0 atom stereocenters. The van der Waals surface area contributed by atoms with Gasteiger partial charge in [0, 0.05) is 44.1 Å². The standard InChI is InChI=1S/C18H25N3O2S/c1-2-14-3-5-15(6-4-14)17-16(24-18(23)19-17)13-21-9-7-20(8-10-21)11-12-22/h3-6,22H,2,7-13H2,1H3,(H,19,23). The molecule has 5 nitrogen and oxygen atoms in total. The second-order valence-electron chi connectivity index (χ2n) is 6.20. The molecular weight excluding hydrogens is 322 g/mol. The number of aliphatic hydroxyl groups is 1. The molecule has 0 unspecified atom stereocenters. The third-order valence-corrected chi connectivity index (χ3v) is 5.49. The van der Waals surface area contributed by atoms with Gasteiger partial charge < -0.3 is 10.1 Å². The zero-order valence-corrected chi connectivity index (χ0v) is 14.9. The van der Waals surface area contributed by atoms with Crippen LogP contribution in [0.3, 0.4) is 0 Å². The number of thiazole rings is 1. The van der Waals surface area contributed by atoms with Crippen molar-refractivity contribution in [3.8, 4) is 11.3 Å². The van der Waals surface area contributed by atoms with Gasteiger partial charge in [0.2, 0.25) is 0 Å². The number of nitrogens with zero attached hydrogens (tertiary/aromatic N) is 2. The van der Waals surface area contributed by atoms with Crippen molar-refractivity contribution < 1.29 is 5.11 Å². The van der Waals surface area contributed by atoms with Gasteiger partial charge >= 0.3 is 4.87 Å². The van der Waals surface area contributed by atoms with Crippen molar-refractivity contribution in [3.05, 3.63) is 44.4 Å². The van der Waals surface area contributed by atoms with Crippen molar-refractivity contribution >= 4 is 11.3 Å². The summed E-state index contributed by atoms with van der Waals surface area (Å²) in [4.78, 5) is 20.7. The van der Waals surface area contributed by atoms with Crippen LogP contribution in [0.15, 0.2) is 29.1 Å². The number of rotatable bonds is 6. The van der Waals surface area contributed by atoms with Crippen LogP contribution in [0.4, 0.5) is 0 Å². The maximum Gasteiger partial charge on any atom is 0.305 e. The summed E-state index contributed by atoms with van der Waals surface area (Å²) in [5.74, 6) is 0. The Hall–Kier alpha value is -1.47. The Morgan fingerprint density at radius 2 is 1.79 bits per heavy atom. The largest absolute Gasteiger partial charge is 0.395 e. The Morgan fingerprint density at radius 1 is 1.12 bits per heavy atom. The van der Waals surface area contributed by atoms with E-state index >= 15 is 0 Å². The predicted molar refractivity (Wildman–Crippen MR) is 98.6 cm³/mol. The number of aliphatic hydroxyl groups excluding tert-OH is 1. The Morgan fingerprint density at radius 3 is 2.42 bits per heavy atom. The van der Waals surface area contributed by atoms with Crippen LogP contribution in [0, 0.1) is 0 Å². The molecule has 0 bridgehead atoms. The van der Waals surface area contributed by atoms with Crippen molar-refractivity contribution in [2.45, 2.75) is 19.9 Å². The summed E-state index contributed by atoms with van der Waals surface area (Å²) in [6, 6.07) is 8.45. The van der Waals surface area contributed by atoms with E-state index in [1.54, 1.807) is 0 Å². The second-order valence-corrected chi connectivity index (χ2v) is 7.27. The zero-order valence-electron chi connectivity index (χ0n) is 14.1. The fraction of sp³-hybridized carbons (Fsp3) is 0.500. The van der Waals surface area contributed by atoms with Crippen molar-refractivity contribution in [1.82, 2.24) is 14.8 Å². The molecule has 0 spiro atoms. The summed E-state index contributed by atoms with van der Waals surface area (Å²) in [5, 5.41) is 9.03. The monoisotopic (exact) mass is 347 g/mol. The summed E-state index contributed by atoms with van der Waals surface area (Å²) in [6.45, 7) is 7.81. The van der Waals surface area contributed by atoms with E-state index in [-0.39, 0.29) is 11.5 Å². The number of aromatic nitrogens is 1. The molecule has 1 aliphatic rings. The fourth-order valence-corrected chi connectivity index (χ4v) is 4.02. The number of nitrogens with one attached hydrogen (secondary N) is 1. The van der Waals surface area contributed by atoms with Gasteiger partial charge in [-0.25, -0.2) is 0 Å². The minimum absolute atomic E-state index is 0.0125. The van der Waals surface area contributed by atoms with Crippen LogP contribution in [0.2, 0.25) is 0 Å². The van der Waals surface area contributed by atoms with Gasteiger partial charge in [-0.15, -0.1) is 0 Å². The normalized spacial score (nSPS) is 16.6. The molecule has 24 heavy (non-hydrogen) atoms. The molecule has 6 heteroatoms. The fourth-order valence-electron chi connectivity index (χ4n) is 3.13. The van der Waals surface area contributed by atoms with E-state index in [1.165, 1.54) is 16.9 Å². The number of hydrogen-bond acceptors (Lipinski definition) is 5. The minimum atomic E-state index is 0.0125. The molecule has 3 rings (SSSR count). The molecular formula is C18H25N3O2S. The molecule has 1 saturated heterocycles. The van der Waals surface area contributed by atoms with Crippen molar-refractivity contribution in [2.24, 2.45) is 0 Å². The number of aromatic amines is 1. The highest BCUT2D eigenvalue weighted by molar-refractivity contribution is 7.09. The Bertz CT molecular complexity index is 700. The molecule has 130 valence electrons. The second kappa shape index (κ2) is 8.07. The first-order valence-corrected chi connectivity index (χ1v) is 9.38. The Labute approximate surface area is 146 Å². The average molecular weight is 347 g/mol. The molecule has 2 N–H and O–H groups in total. The number of hydrogen-bond donors (Lipinski definition) is 2. The highest BCUT2D eigenvalue weighted by Gasteiger charge is 2.19. The summed E-state index contributed by atoms with van der Waals surface area (Å²) >= 11 is 1.32. The van der Waals surface area contributed by atoms with Gasteiger partial charge in [-0.3, -0.25) is 14.6 Å². The van der Waals surface area contributed by atoms with Gasteiger partial charge in [0.05, 0.1) is 12.3 Å². The summed E-state index contributed by atoms with van der Waals surface area (Å²) < 4.78 is 0. The van der Waals surface area contributed by atoms with Crippen LogP contribution in [0.5, 0.6) is 0 Å². The highest BCUT2D eigenvalue weighted by Crippen LogP contribution is 2.25. The van der Waals surface area contributed by atoms with Crippen molar-refractivity contribution in [3.63, 3.8) is 0 Å². The lowest BCUT2D eigenvalue weighted by molar-refractivity contribution is 0.109.